The average Bonchev–Trinajstić information content (AvgIpc) is 3.44. The van der Waals surface area contributed by atoms with Gasteiger partial charge in [-0.05, 0) is 71.6 Å². The molecule has 0 spiro atoms. The number of rotatable bonds is 17. The number of hydrogen-bond donors (Lipinski definition) is 0. The molecule has 0 radical (unpaired) electrons. The van der Waals surface area contributed by atoms with E-state index in [0.717, 1.165) is 23.2 Å². The summed E-state index contributed by atoms with van der Waals surface area (Å²) in [6.45, 7) is 7.91. The number of benzene rings is 5. The van der Waals surface area contributed by atoms with Gasteiger partial charge in [-0.3, -0.25) is 4.58 Å². The van der Waals surface area contributed by atoms with Crippen LogP contribution >= 0.6 is 0 Å². The molecule has 3 aliphatic heterocycles. The second-order valence-electron chi connectivity index (χ2n) is 20.1. The van der Waals surface area contributed by atoms with Gasteiger partial charge in [-0.1, -0.05) is 136 Å². The van der Waals surface area contributed by atoms with E-state index in [-0.39, 0.29) is 23.3 Å². The number of carbonyl (C=O) groups is 3. The third kappa shape index (κ3) is 10.9. The maximum Gasteiger partial charge on any atom is 0.338 e. The van der Waals surface area contributed by atoms with E-state index >= 15 is 0 Å². The second kappa shape index (κ2) is 23.3. The van der Waals surface area contributed by atoms with Crippen molar-refractivity contribution < 1.29 is 76.0 Å². The van der Waals surface area contributed by atoms with Crippen LogP contribution in [0.3, 0.4) is 0 Å². The molecule has 0 aromatic heterocycles. The molecule has 1 aliphatic carbocycles. The number of fused-ring (bicyclic) bond motifs is 2. The van der Waals surface area contributed by atoms with Crippen LogP contribution in [0.2, 0.25) is 5.04 Å². The molecule has 0 amide bonds. The Kier molecular flexibility index (Phi) is 16.8. The smallest absolute Gasteiger partial charge is 0.338 e. The van der Waals surface area contributed by atoms with Gasteiger partial charge in [-0.25, -0.2) is 19.3 Å². The van der Waals surface area contributed by atoms with Gasteiger partial charge in [0.15, 0.2) is 30.9 Å². The summed E-state index contributed by atoms with van der Waals surface area (Å²) in [5.41, 5.74) is 0.602. The molecule has 398 valence electrons. The monoisotopic (exact) mass is 1050 g/mol. The van der Waals surface area contributed by atoms with Crippen molar-refractivity contribution in [1.29, 1.82) is 0 Å². The summed E-state index contributed by atoms with van der Waals surface area (Å²) >= 11 is 0. The minimum Gasteiger partial charge on any atom is -0.452 e. The lowest BCUT2D eigenvalue weighted by Crippen LogP contribution is -2.76. The van der Waals surface area contributed by atoms with Gasteiger partial charge < -0.3 is 52.1 Å². The molecule has 5 aromatic rings. The molecule has 3 heterocycles. The fourth-order valence-electron chi connectivity index (χ4n) is 10.8. The van der Waals surface area contributed by atoms with Crippen molar-refractivity contribution in [1.82, 2.24) is 0 Å². The Morgan fingerprint density at radius 1 is 0.547 bits per heavy atom. The normalized spacial score (nSPS) is 29.7. The first-order chi connectivity index (χ1) is 36.3. The molecule has 75 heavy (non-hydrogen) atoms. The molecule has 4 aliphatic rings. The SMILES string of the molecule is CO[C@H]1O[C@H](COO[Si](c2ccccc2)(c2ccccc2)C(C)(C)C)[C@H]2O[C@@]3(OC)CCCC[C@]3(OC)O[C@@H]2[C@@H]1O[C@@H]1O[C@@H](C)[C@H](OC(=O)c2ccccc2)[C@@H](OC(=O)c2ccccc2)[C@H]1OC(=O)c1ccccc1. The quantitative estimate of drug-likeness (QED) is 0.0291. The lowest BCUT2D eigenvalue weighted by molar-refractivity contribution is -0.503. The first-order valence-corrected chi connectivity index (χ1v) is 27.3. The highest BCUT2D eigenvalue weighted by atomic mass is 28.4. The Balaban J connectivity index is 1.09. The van der Waals surface area contributed by atoms with E-state index in [0.29, 0.717) is 12.8 Å². The van der Waals surface area contributed by atoms with Crippen LogP contribution in [0.5, 0.6) is 0 Å². The topological polar surface area (TPSA) is 171 Å². The van der Waals surface area contributed by atoms with Crippen molar-refractivity contribution in [3.05, 3.63) is 168 Å². The second-order valence-corrected chi connectivity index (χ2v) is 24.3. The zero-order chi connectivity index (χ0) is 52.8. The third-order valence-corrected chi connectivity index (χ3v) is 19.4. The Morgan fingerprint density at radius 3 is 1.41 bits per heavy atom. The van der Waals surface area contributed by atoms with Crippen LogP contribution in [0.1, 0.15) is 84.5 Å². The first-order valence-electron chi connectivity index (χ1n) is 25.4. The summed E-state index contributed by atoms with van der Waals surface area (Å²) in [7, 11) is 1.33. The van der Waals surface area contributed by atoms with Crippen LogP contribution in [0.15, 0.2) is 152 Å². The Labute approximate surface area is 438 Å². The Bertz CT molecular complexity index is 2620. The summed E-state index contributed by atoms with van der Waals surface area (Å²) in [5.74, 6) is -5.16. The van der Waals surface area contributed by atoms with Gasteiger partial charge in [0.2, 0.25) is 11.6 Å². The summed E-state index contributed by atoms with van der Waals surface area (Å²) in [5, 5.41) is 1.59. The van der Waals surface area contributed by atoms with E-state index in [1.54, 1.807) is 105 Å². The number of methoxy groups -OCH3 is 3. The van der Waals surface area contributed by atoms with Gasteiger partial charge >= 0.3 is 26.2 Å². The molecule has 5 aromatic carbocycles. The van der Waals surface area contributed by atoms with Crippen LogP contribution in [-0.4, -0.2) is 127 Å². The number of esters is 3. The van der Waals surface area contributed by atoms with E-state index in [4.69, 9.17) is 61.6 Å². The molecule has 0 unspecified atom stereocenters. The highest BCUT2D eigenvalue weighted by Crippen LogP contribution is 2.52. The van der Waals surface area contributed by atoms with Gasteiger partial charge in [0.25, 0.3) is 0 Å². The zero-order valence-corrected chi connectivity index (χ0v) is 44.3. The lowest BCUT2D eigenvalue weighted by Gasteiger charge is -2.60. The molecule has 12 atom stereocenters. The predicted octanol–water partition coefficient (Wildman–Crippen LogP) is 7.72. The van der Waals surface area contributed by atoms with Crippen LogP contribution in [-0.2, 0) is 61.6 Å². The van der Waals surface area contributed by atoms with Crippen molar-refractivity contribution >= 4 is 36.6 Å². The minimum atomic E-state index is -3.22. The first kappa shape index (κ1) is 54.1. The molecule has 0 N–H and O–H groups in total. The fourth-order valence-corrected chi connectivity index (χ4v) is 14.9. The number of carbonyl (C=O) groups excluding carboxylic acids is 3. The summed E-state index contributed by atoms with van der Waals surface area (Å²) in [6.07, 6.45) is -10.3. The van der Waals surface area contributed by atoms with Gasteiger partial charge in [-0.15, -0.1) is 0 Å². The predicted molar refractivity (Wildman–Crippen MR) is 274 cm³/mol. The summed E-state index contributed by atoms with van der Waals surface area (Å²) in [4.78, 5) is 48.8. The van der Waals surface area contributed by atoms with Gasteiger partial charge in [0, 0.05) is 34.2 Å². The van der Waals surface area contributed by atoms with Crippen molar-refractivity contribution in [3.8, 4) is 0 Å². The zero-order valence-electron chi connectivity index (χ0n) is 43.3. The number of hydrogen-bond acceptors (Lipinski definition) is 16. The summed E-state index contributed by atoms with van der Waals surface area (Å²) < 4.78 is 79.3. The van der Waals surface area contributed by atoms with Crippen molar-refractivity contribution in [2.24, 2.45) is 0 Å². The summed E-state index contributed by atoms with van der Waals surface area (Å²) in [6, 6.07) is 45.1. The van der Waals surface area contributed by atoms with E-state index in [2.05, 4.69) is 45.0 Å². The maximum absolute atomic E-state index is 14.3. The van der Waals surface area contributed by atoms with Crippen LogP contribution in [0.4, 0.5) is 0 Å². The molecule has 4 fully saturated rings. The van der Waals surface area contributed by atoms with Gasteiger partial charge in [0.1, 0.15) is 31.0 Å². The van der Waals surface area contributed by atoms with Crippen molar-refractivity contribution in [2.75, 3.05) is 27.9 Å². The lowest BCUT2D eigenvalue weighted by atomic mass is 9.83. The van der Waals surface area contributed by atoms with Crippen LogP contribution in [0, 0.1) is 0 Å². The molecular formula is C58H66O16Si. The van der Waals surface area contributed by atoms with E-state index in [1.807, 2.05) is 36.4 Å². The maximum atomic E-state index is 14.3. The average molecular weight is 1050 g/mol. The van der Waals surface area contributed by atoms with E-state index in [1.165, 1.54) is 14.2 Å². The molecule has 1 saturated carbocycles. The van der Waals surface area contributed by atoms with Gasteiger partial charge in [-0.2, -0.15) is 0 Å². The van der Waals surface area contributed by atoms with Gasteiger partial charge in [0.05, 0.1) is 22.8 Å². The Hall–Kier alpha value is -5.67. The highest BCUT2D eigenvalue weighted by molar-refractivity contribution is 6.99. The largest absolute Gasteiger partial charge is 0.452 e. The van der Waals surface area contributed by atoms with Crippen molar-refractivity contribution in [3.63, 3.8) is 0 Å². The van der Waals surface area contributed by atoms with Crippen LogP contribution in [0.25, 0.3) is 0 Å². The molecule has 17 heteroatoms. The molecule has 3 saturated heterocycles. The standard InChI is InChI=1S/C58H66O16Si/c1-38-45(68-51(59)39-25-13-8-14-26-39)47(69-52(60)40-27-15-9-16-28-40)49(70-53(61)41-29-17-10-18-30-41)55(66-38)71-50-48-46(72-57(63-6)35-23-24-36-58(57,64-7)73-48)44(67-54(50)62-5)37-65-74-75(56(2,3)4,42-31-19-11-20-32-42)43-33-21-12-22-34-43/h8-22,25-34,38,44-50,54-55H,23-24,35-37H2,1-7H3/t38-,44+,45-,46+,47+,48-,49+,50-,54-,55-,57-,58-/m0/s1. The van der Waals surface area contributed by atoms with Crippen LogP contribution < -0.4 is 10.4 Å². The number of ether oxygens (including phenoxy) is 11. The fraction of sp³-hybridized carbons (Fsp3) is 0.431. The minimum absolute atomic E-state index is 0.165. The third-order valence-electron chi connectivity index (χ3n) is 14.6. The Morgan fingerprint density at radius 2 is 0.973 bits per heavy atom. The molecular weight excluding hydrogens is 981 g/mol. The van der Waals surface area contributed by atoms with Crippen molar-refractivity contribution in [2.45, 2.75) is 131 Å². The highest BCUT2D eigenvalue weighted by Gasteiger charge is 2.68. The van der Waals surface area contributed by atoms with E-state index < -0.39 is 104 Å². The molecule has 0 bridgehead atoms. The van der Waals surface area contributed by atoms with E-state index in [9.17, 15) is 14.4 Å². The molecule has 16 nitrogen and oxygen atoms in total. The molecule has 9 rings (SSSR count).